The molecule has 90 valence electrons. The normalized spacial score (nSPS) is 23.8. The van der Waals surface area contributed by atoms with E-state index in [2.05, 4.69) is 23.4 Å². The molecule has 0 unspecified atom stereocenters. The van der Waals surface area contributed by atoms with Gasteiger partial charge in [0.15, 0.2) is 0 Å². The summed E-state index contributed by atoms with van der Waals surface area (Å²) in [5, 5.41) is 3.55. The van der Waals surface area contributed by atoms with Crippen LogP contribution in [0.15, 0.2) is 24.3 Å². The Bertz CT molecular complexity index is 382. The fourth-order valence-electron chi connectivity index (χ4n) is 2.33. The van der Waals surface area contributed by atoms with E-state index in [0.717, 1.165) is 24.3 Å². The number of hydrogen-bond donors (Lipinski definition) is 1. The van der Waals surface area contributed by atoms with Gasteiger partial charge >= 0.3 is 0 Å². The Morgan fingerprint density at radius 2 is 1.82 bits per heavy atom. The molecule has 0 heterocycles. The number of nitrogens with one attached hydrogen (secondary N) is 1. The molecule has 0 saturated heterocycles. The zero-order valence-electron chi connectivity index (χ0n) is 10.3. The third kappa shape index (κ3) is 3.17. The molecule has 1 saturated carbocycles. The third-order valence-corrected chi connectivity index (χ3v) is 3.42. The van der Waals surface area contributed by atoms with Crippen LogP contribution in [0.3, 0.4) is 0 Å². The minimum absolute atomic E-state index is 0.490. The van der Waals surface area contributed by atoms with Crippen molar-refractivity contribution in [2.45, 2.75) is 31.7 Å². The number of hydrogen-bond acceptors (Lipinski definition) is 2. The maximum Gasteiger partial charge on any atom is 0.119 e. The van der Waals surface area contributed by atoms with E-state index in [9.17, 15) is 0 Å². The highest BCUT2D eigenvalue weighted by Crippen LogP contribution is 2.26. The number of ether oxygens (including phenoxy) is 1. The molecule has 0 aromatic heterocycles. The Labute approximate surface area is 103 Å². The molecule has 2 heteroatoms. The van der Waals surface area contributed by atoms with Gasteiger partial charge in [0.2, 0.25) is 0 Å². The fourth-order valence-corrected chi connectivity index (χ4v) is 2.33. The largest absolute Gasteiger partial charge is 0.497 e. The molecule has 0 aliphatic heterocycles. The molecule has 1 fully saturated rings. The first-order valence-corrected chi connectivity index (χ1v) is 6.18. The number of methoxy groups -OCH3 is 1. The zero-order chi connectivity index (χ0) is 12.1. The quantitative estimate of drug-likeness (QED) is 0.803. The molecule has 0 bridgehead atoms. The van der Waals surface area contributed by atoms with Crippen molar-refractivity contribution in [3.63, 3.8) is 0 Å². The number of anilines is 1. The maximum atomic E-state index is 5.45. The lowest BCUT2D eigenvalue weighted by molar-refractivity contribution is 0.400. The Morgan fingerprint density at radius 1 is 1.18 bits per heavy atom. The lowest BCUT2D eigenvalue weighted by Gasteiger charge is -2.27. The molecule has 1 N–H and O–H groups in total. The van der Waals surface area contributed by atoms with Gasteiger partial charge in [0, 0.05) is 17.6 Å². The van der Waals surface area contributed by atoms with Gasteiger partial charge in [0.25, 0.3) is 0 Å². The smallest absolute Gasteiger partial charge is 0.119 e. The summed E-state index contributed by atoms with van der Waals surface area (Å²) in [6.07, 6.45) is 10.1. The minimum Gasteiger partial charge on any atom is -0.497 e. The van der Waals surface area contributed by atoms with Gasteiger partial charge in [0.05, 0.1) is 7.11 Å². The van der Waals surface area contributed by atoms with E-state index >= 15 is 0 Å². The van der Waals surface area contributed by atoms with Gasteiger partial charge in [-0.15, -0.1) is 12.3 Å². The molecular weight excluding hydrogens is 210 g/mol. The first-order valence-electron chi connectivity index (χ1n) is 6.18. The molecular formula is C15H19NO. The van der Waals surface area contributed by atoms with E-state index in [1.165, 1.54) is 12.8 Å². The van der Waals surface area contributed by atoms with Crippen molar-refractivity contribution in [2.24, 2.45) is 5.92 Å². The molecule has 1 aromatic rings. The summed E-state index contributed by atoms with van der Waals surface area (Å²) >= 11 is 0. The van der Waals surface area contributed by atoms with Gasteiger partial charge in [-0.05, 0) is 49.9 Å². The summed E-state index contributed by atoms with van der Waals surface area (Å²) in [6, 6.07) is 8.65. The Kier molecular flexibility index (Phi) is 3.93. The van der Waals surface area contributed by atoms with E-state index < -0.39 is 0 Å². The van der Waals surface area contributed by atoms with Gasteiger partial charge < -0.3 is 10.1 Å². The van der Waals surface area contributed by atoms with Crippen molar-refractivity contribution in [3.8, 4) is 18.1 Å². The van der Waals surface area contributed by atoms with Crippen LogP contribution >= 0.6 is 0 Å². The zero-order valence-corrected chi connectivity index (χ0v) is 10.3. The van der Waals surface area contributed by atoms with Crippen molar-refractivity contribution >= 4 is 5.69 Å². The number of rotatable bonds is 3. The molecule has 0 radical (unpaired) electrons. The topological polar surface area (TPSA) is 21.3 Å². The summed E-state index contributed by atoms with van der Waals surface area (Å²) in [6.45, 7) is 0. The second kappa shape index (κ2) is 5.63. The van der Waals surface area contributed by atoms with Crippen LogP contribution in [0.5, 0.6) is 5.75 Å². The van der Waals surface area contributed by atoms with Gasteiger partial charge in [-0.25, -0.2) is 0 Å². The molecule has 1 aromatic carbocycles. The highest BCUT2D eigenvalue weighted by atomic mass is 16.5. The van der Waals surface area contributed by atoms with Crippen LogP contribution in [0, 0.1) is 18.3 Å². The van der Waals surface area contributed by atoms with E-state index in [-0.39, 0.29) is 0 Å². The number of terminal acetylenes is 1. The van der Waals surface area contributed by atoms with Crippen molar-refractivity contribution in [1.29, 1.82) is 0 Å². The van der Waals surface area contributed by atoms with Crippen LogP contribution in [-0.4, -0.2) is 13.2 Å². The van der Waals surface area contributed by atoms with E-state index in [1.54, 1.807) is 7.11 Å². The summed E-state index contributed by atoms with van der Waals surface area (Å²) in [7, 11) is 1.68. The molecule has 0 spiro atoms. The molecule has 0 amide bonds. The lowest BCUT2D eigenvalue weighted by Crippen LogP contribution is -2.25. The Balaban J connectivity index is 1.87. The molecule has 0 atom stereocenters. The van der Waals surface area contributed by atoms with Gasteiger partial charge in [-0.3, -0.25) is 0 Å². The minimum atomic E-state index is 0.490. The van der Waals surface area contributed by atoms with Crippen LogP contribution in [-0.2, 0) is 0 Å². The van der Waals surface area contributed by atoms with Crippen molar-refractivity contribution in [3.05, 3.63) is 24.3 Å². The lowest BCUT2D eigenvalue weighted by atomic mass is 9.86. The molecule has 17 heavy (non-hydrogen) atoms. The van der Waals surface area contributed by atoms with Crippen LogP contribution in [0.4, 0.5) is 5.69 Å². The summed E-state index contributed by atoms with van der Waals surface area (Å²) < 4.78 is 5.14. The van der Waals surface area contributed by atoms with Crippen LogP contribution in [0.1, 0.15) is 25.7 Å². The Hall–Kier alpha value is -1.62. The van der Waals surface area contributed by atoms with Crippen molar-refractivity contribution in [1.82, 2.24) is 0 Å². The molecule has 2 rings (SSSR count). The average molecular weight is 229 g/mol. The van der Waals surface area contributed by atoms with Crippen molar-refractivity contribution in [2.75, 3.05) is 12.4 Å². The Morgan fingerprint density at radius 3 is 2.35 bits per heavy atom. The second-order valence-corrected chi connectivity index (χ2v) is 4.59. The highest BCUT2D eigenvalue weighted by Gasteiger charge is 2.19. The maximum absolute atomic E-state index is 5.45. The van der Waals surface area contributed by atoms with Crippen LogP contribution in [0.2, 0.25) is 0 Å². The second-order valence-electron chi connectivity index (χ2n) is 4.59. The predicted octanol–water partition coefficient (Wildman–Crippen LogP) is 3.30. The fraction of sp³-hybridized carbons (Fsp3) is 0.467. The number of benzene rings is 1. The van der Waals surface area contributed by atoms with E-state index in [0.29, 0.717) is 12.0 Å². The third-order valence-electron chi connectivity index (χ3n) is 3.42. The van der Waals surface area contributed by atoms with Gasteiger partial charge in [-0.1, -0.05) is 0 Å². The van der Waals surface area contributed by atoms with E-state index in [1.807, 2.05) is 12.1 Å². The average Bonchev–Trinajstić information content (AvgIpc) is 2.40. The summed E-state index contributed by atoms with van der Waals surface area (Å²) in [4.78, 5) is 0. The summed E-state index contributed by atoms with van der Waals surface area (Å²) in [5.41, 5.74) is 1.16. The monoisotopic (exact) mass is 229 g/mol. The first-order chi connectivity index (χ1) is 8.31. The molecule has 1 aliphatic rings. The SMILES string of the molecule is C#CC1CCC(Nc2ccc(OC)cc2)CC1. The standard InChI is InChI=1S/C15H19NO/c1-3-12-4-6-13(7-5-12)16-14-8-10-15(17-2)11-9-14/h1,8-13,16H,4-7H2,2H3. The summed E-state index contributed by atoms with van der Waals surface area (Å²) in [5.74, 6) is 4.24. The van der Waals surface area contributed by atoms with Gasteiger partial charge in [-0.2, -0.15) is 0 Å². The van der Waals surface area contributed by atoms with Gasteiger partial charge in [0.1, 0.15) is 5.75 Å². The predicted molar refractivity (Wildman–Crippen MR) is 71.2 cm³/mol. The van der Waals surface area contributed by atoms with Crippen LogP contribution in [0.25, 0.3) is 0 Å². The first kappa shape index (κ1) is 11.9. The molecule has 2 nitrogen and oxygen atoms in total. The van der Waals surface area contributed by atoms with Crippen LogP contribution < -0.4 is 10.1 Å². The molecule has 1 aliphatic carbocycles. The highest BCUT2D eigenvalue weighted by molar-refractivity contribution is 5.47. The van der Waals surface area contributed by atoms with E-state index in [4.69, 9.17) is 11.2 Å². The van der Waals surface area contributed by atoms with Crippen molar-refractivity contribution < 1.29 is 4.74 Å².